The standard InChI is InChI=1S/C15H19BrN6O5/c1-25-10-5-8(4-9(16)13(10)26-7-11(17)23)6-19-2-3-20-15(24)12-14(18)22-27-21-12/h4-5,19H,2-3,6-7H2,1H3,(H2,17,23)(H2,18,22)(H,20,24). The molecule has 27 heavy (non-hydrogen) atoms. The van der Waals surface area contributed by atoms with E-state index < -0.39 is 11.8 Å². The van der Waals surface area contributed by atoms with E-state index in [1.165, 1.54) is 7.11 Å². The summed E-state index contributed by atoms with van der Waals surface area (Å²) in [5.41, 5.74) is 11.4. The maximum absolute atomic E-state index is 11.8. The van der Waals surface area contributed by atoms with Crippen LogP contribution in [-0.4, -0.2) is 48.9 Å². The molecule has 2 aromatic rings. The zero-order valence-corrected chi connectivity index (χ0v) is 16.0. The topological polar surface area (TPSA) is 168 Å². The largest absolute Gasteiger partial charge is 0.493 e. The number of nitrogens with two attached hydrogens (primary N) is 2. The number of anilines is 1. The molecule has 1 heterocycles. The van der Waals surface area contributed by atoms with Crippen molar-refractivity contribution in [2.24, 2.45) is 5.73 Å². The van der Waals surface area contributed by atoms with Crippen molar-refractivity contribution in [1.82, 2.24) is 20.9 Å². The minimum Gasteiger partial charge on any atom is -0.493 e. The molecule has 0 aliphatic carbocycles. The van der Waals surface area contributed by atoms with Crippen LogP contribution in [-0.2, 0) is 11.3 Å². The molecule has 1 aromatic carbocycles. The summed E-state index contributed by atoms with van der Waals surface area (Å²) in [6.07, 6.45) is 0. The van der Waals surface area contributed by atoms with Crippen LogP contribution in [0.3, 0.4) is 0 Å². The third kappa shape index (κ3) is 5.82. The molecule has 2 rings (SSSR count). The summed E-state index contributed by atoms with van der Waals surface area (Å²) in [5, 5.41) is 12.6. The summed E-state index contributed by atoms with van der Waals surface area (Å²) >= 11 is 3.38. The van der Waals surface area contributed by atoms with E-state index in [0.29, 0.717) is 35.6 Å². The van der Waals surface area contributed by atoms with Gasteiger partial charge < -0.3 is 31.6 Å². The number of carbonyl (C=O) groups is 2. The average Bonchev–Trinajstić information content (AvgIpc) is 3.05. The summed E-state index contributed by atoms with van der Waals surface area (Å²) in [5.74, 6) is -0.247. The molecule has 0 aliphatic heterocycles. The van der Waals surface area contributed by atoms with E-state index in [2.05, 4.69) is 41.5 Å². The van der Waals surface area contributed by atoms with E-state index in [-0.39, 0.29) is 18.1 Å². The lowest BCUT2D eigenvalue weighted by molar-refractivity contribution is -0.119. The minimum atomic E-state index is -0.583. The first-order valence-corrected chi connectivity index (χ1v) is 8.56. The summed E-state index contributed by atoms with van der Waals surface area (Å²) in [4.78, 5) is 22.7. The number of hydrogen-bond acceptors (Lipinski definition) is 9. The lowest BCUT2D eigenvalue weighted by atomic mass is 10.2. The van der Waals surface area contributed by atoms with Gasteiger partial charge in [-0.2, -0.15) is 0 Å². The molecule has 12 heteroatoms. The Balaban J connectivity index is 1.83. The highest BCUT2D eigenvalue weighted by Crippen LogP contribution is 2.36. The van der Waals surface area contributed by atoms with Crippen LogP contribution >= 0.6 is 15.9 Å². The van der Waals surface area contributed by atoms with Crippen LogP contribution in [0.4, 0.5) is 5.82 Å². The zero-order chi connectivity index (χ0) is 19.8. The Labute approximate surface area is 162 Å². The molecule has 1 aromatic heterocycles. The van der Waals surface area contributed by atoms with E-state index in [4.69, 9.17) is 20.9 Å². The molecule has 0 bridgehead atoms. The van der Waals surface area contributed by atoms with Gasteiger partial charge in [0.25, 0.3) is 11.8 Å². The second kappa shape index (κ2) is 9.73. The number of nitrogen functional groups attached to an aromatic ring is 1. The molecular weight excluding hydrogens is 424 g/mol. The molecule has 0 saturated heterocycles. The number of primary amides is 1. The van der Waals surface area contributed by atoms with Crippen LogP contribution < -0.4 is 31.6 Å². The lowest BCUT2D eigenvalue weighted by Gasteiger charge is -2.14. The second-order valence-electron chi connectivity index (χ2n) is 5.29. The first kappa shape index (κ1) is 20.5. The van der Waals surface area contributed by atoms with Crippen LogP contribution in [0.1, 0.15) is 16.1 Å². The molecule has 6 N–H and O–H groups in total. The summed E-state index contributed by atoms with van der Waals surface area (Å²) < 4.78 is 15.6. The number of benzene rings is 1. The summed E-state index contributed by atoms with van der Waals surface area (Å²) in [6.45, 7) is 1.10. The predicted molar refractivity (Wildman–Crippen MR) is 98.1 cm³/mol. The van der Waals surface area contributed by atoms with Gasteiger partial charge in [-0.15, -0.1) is 0 Å². The van der Waals surface area contributed by atoms with Gasteiger partial charge in [-0.25, -0.2) is 4.63 Å². The second-order valence-corrected chi connectivity index (χ2v) is 6.15. The van der Waals surface area contributed by atoms with Crippen LogP contribution in [0, 0.1) is 0 Å². The van der Waals surface area contributed by atoms with E-state index in [0.717, 1.165) is 5.56 Å². The number of aromatic nitrogens is 2. The summed E-state index contributed by atoms with van der Waals surface area (Å²) in [7, 11) is 1.50. The molecule has 0 fully saturated rings. The normalized spacial score (nSPS) is 10.4. The molecule has 146 valence electrons. The van der Waals surface area contributed by atoms with Gasteiger partial charge >= 0.3 is 0 Å². The highest BCUT2D eigenvalue weighted by Gasteiger charge is 2.15. The molecule has 0 spiro atoms. The van der Waals surface area contributed by atoms with E-state index in [1.54, 1.807) is 6.07 Å². The van der Waals surface area contributed by atoms with Crippen LogP contribution in [0.2, 0.25) is 0 Å². The van der Waals surface area contributed by atoms with Gasteiger partial charge in [0.15, 0.2) is 18.1 Å². The highest BCUT2D eigenvalue weighted by atomic mass is 79.9. The number of ether oxygens (including phenoxy) is 2. The number of rotatable bonds is 10. The maximum atomic E-state index is 11.8. The van der Waals surface area contributed by atoms with Gasteiger partial charge in [0.1, 0.15) is 0 Å². The molecule has 2 amide bonds. The van der Waals surface area contributed by atoms with Crippen LogP contribution in [0.5, 0.6) is 11.5 Å². The fourth-order valence-corrected chi connectivity index (χ4v) is 2.70. The maximum Gasteiger partial charge on any atom is 0.277 e. The quantitative estimate of drug-likeness (QED) is 0.364. The number of nitrogens with one attached hydrogen (secondary N) is 2. The van der Waals surface area contributed by atoms with Crippen LogP contribution in [0.25, 0.3) is 0 Å². The number of carbonyl (C=O) groups excluding carboxylic acids is 2. The van der Waals surface area contributed by atoms with E-state index in [9.17, 15) is 9.59 Å². The van der Waals surface area contributed by atoms with Crippen LogP contribution in [0.15, 0.2) is 21.2 Å². The molecular formula is C15H19BrN6O5. The molecule has 0 saturated carbocycles. The average molecular weight is 443 g/mol. The third-order valence-corrected chi connectivity index (χ3v) is 3.88. The number of hydrogen-bond donors (Lipinski definition) is 4. The first-order valence-electron chi connectivity index (χ1n) is 7.76. The van der Waals surface area contributed by atoms with E-state index in [1.807, 2.05) is 6.07 Å². The van der Waals surface area contributed by atoms with Gasteiger partial charge in [0.2, 0.25) is 11.5 Å². The van der Waals surface area contributed by atoms with Gasteiger partial charge in [-0.05, 0) is 43.9 Å². The number of methoxy groups -OCH3 is 1. The van der Waals surface area contributed by atoms with Crippen molar-refractivity contribution in [3.63, 3.8) is 0 Å². The lowest BCUT2D eigenvalue weighted by Crippen LogP contribution is -2.32. The third-order valence-electron chi connectivity index (χ3n) is 3.29. The Morgan fingerprint density at radius 3 is 2.70 bits per heavy atom. The van der Waals surface area contributed by atoms with Gasteiger partial charge in [-0.1, -0.05) is 0 Å². The zero-order valence-electron chi connectivity index (χ0n) is 14.5. The van der Waals surface area contributed by atoms with Crippen molar-refractivity contribution in [1.29, 1.82) is 0 Å². The Morgan fingerprint density at radius 2 is 2.07 bits per heavy atom. The molecule has 0 radical (unpaired) electrons. The Bertz CT molecular complexity index is 812. The fourth-order valence-electron chi connectivity index (χ4n) is 2.09. The van der Waals surface area contributed by atoms with Crippen molar-refractivity contribution in [3.8, 4) is 11.5 Å². The van der Waals surface area contributed by atoms with Crippen molar-refractivity contribution in [2.75, 3.05) is 32.5 Å². The fraction of sp³-hybridized carbons (Fsp3) is 0.333. The monoisotopic (exact) mass is 442 g/mol. The number of halogens is 1. The SMILES string of the molecule is COc1cc(CNCCNC(=O)c2nonc2N)cc(Br)c1OCC(N)=O. The van der Waals surface area contributed by atoms with Crippen molar-refractivity contribution in [2.45, 2.75) is 6.54 Å². The number of amides is 2. The minimum absolute atomic E-state index is 0.0461. The van der Waals surface area contributed by atoms with Gasteiger partial charge in [-0.3, -0.25) is 9.59 Å². The van der Waals surface area contributed by atoms with Gasteiger partial charge in [0, 0.05) is 19.6 Å². The molecule has 11 nitrogen and oxygen atoms in total. The first-order chi connectivity index (χ1) is 12.9. The van der Waals surface area contributed by atoms with Crippen molar-refractivity contribution in [3.05, 3.63) is 27.9 Å². The van der Waals surface area contributed by atoms with Crippen molar-refractivity contribution >= 4 is 33.6 Å². The Kier molecular flexibility index (Phi) is 7.37. The molecule has 0 atom stereocenters. The van der Waals surface area contributed by atoms with E-state index >= 15 is 0 Å². The Morgan fingerprint density at radius 1 is 1.30 bits per heavy atom. The molecule has 0 unspecified atom stereocenters. The van der Waals surface area contributed by atoms with Crippen molar-refractivity contribution < 1.29 is 23.7 Å². The molecule has 0 aliphatic rings. The van der Waals surface area contributed by atoms with Gasteiger partial charge in [0.05, 0.1) is 11.6 Å². The summed E-state index contributed by atoms with van der Waals surface area (Å²) in [6, 6.07) is 3.60. The number of nitrogens with zero attached hydrogens (tertiary/aromatic N) is 2. The Hall–Kier alpha value is -2.86. The highest BCUT2D eigenvalue weighted by molar-refractivity contribution is 9.10. The smallest absolute Gasteiger partial charge is 0.277 e. The predicted octanol–water partition coefficient (Wildman–Crippen LogP) is -0.193.